The highest BCUT2D eigenvalue weighted by molar-refractivity contribution is 7.97. The third-order valence-corrected chi connectivity index (χ3v) is 12.3. The molecule has 1 fully saturated rings. The molecule has 1 aromatic carbocycles. The van der Waals surface area contributed by atoms with Crippen LogP contribution in [-0.4, -0.2) is 41.7 Å². The zero-order valence-electron chi connectivity index (χ0n) is 22.1. The molecular formula is C27H37FN4O2SSi. The first-order valence-electron chi connectivity index (χ1n) is 12.6. The van der Waals surface area contributed by atoms with Gasteiger partial charge < -0.3 is 14.5 Å². The van der Waals surface area contributed by atoms with Crippen molar-refractivity contribution >= 4 is 42.6 Å². The van der Waals surface area contributed by atoms with Gasteiger partial charge in [0.25, 0.3) is 0 Å². The molecule has 1 aliphatic rings. The second-order valence-corrected chi connectivity index (χ2v) is 16.6. The first-order chi connectivity index (χ1) is 17.1. The fourth-order valence-corrected chi connectivity index (χ4v) is 6.04. The average molecular weight is 529 g/mol. The average Bonchev–Trinajstić information content (AvgIpc) is 2.82. The molecule has 3 aromatic rings. The number of anilines is 2. The monoisotopic (exact) mass is 528 g/mol. The van der Waals surface area contributed by atoms with Crippen LogP contribution in [0.25, 0.3) is 10.9 Å². The number of nitrogens with zero attached hydrogens (tertiary/aromatic N) is 3. The summed E-state index contributed by atoms with van der Waals surface area (Å²) in [6.45, 7) is 11.4. The molecule has 1 N–H and O–H groups in total. The van der Waals surface area contributed by atoms with Gasteiger partial charge in [-0.05, 0) is 74.3 Å². The van der Waals surface area contributed by atoms with E-state index in [1.165, 1.54) is 6.07 Å². The second kappa shape index (κ2) is 11.0. The maximum absolute atomic E-state index is 15.0. The smallest absolute Gasteiger partial charge is 0.227 e. The molecule has 36 heavy (non-hydrogen) atoms. The molecule has 0 bridgehead atoms. The highest BCUT2D eigenvalue weighted by Crippen LogP contribution is 2.40. The number of fused-ring (bicyclic) bond motifs is 1. The van der Waals surface area contributed by atoms with Gasteiger partial charge >= 0.3 is 0 Å². The van der Waals surface area contributed by atoms with E-state index >= 15 is 0 Å². The van der Waals surface area contributed by atoms with Crippen LogP contribution in [0.1, 0.15) is 52.1 Å². The van der Waals surface area contributed by atoms with Gasteiger partial charge in [-0.25, -0.2) is 14.4 Å². The van der Waals surface area contributed by atoms with Crippen LogP contribution in [0.3, 0.4) is 0 Å². The van der Waals surface area contributed by atoms with Crippen molar-refractivity contribution in [3.63, 3.8) is 0 Å². The molecular weight excluding hydrogens is 491 g/mol. The highest BCUT2D eigenvalue weighted by atomic mass is 32.2. The third-order valence-electron chi connectivity index (χ3n) is 7.20. The summed E-state index contributed by atoms with van der Waals surface area (Å²) < 4.78 is 27.8. The van der Waals surface area contributed by atoms with E-state index < -0.39 is 14.1 Å². The van der Waals surface area contributed by atoms with Crippen LogP contribution in [0.15, 0.2) is 36.7 Å². The highest BCUT2D eigenvalue weighted by Gasteiger charge is 2.40. The Morgan fingerprint density at radius 3 is 2.50 bits per heavy atom. The van der Waals surface area contributed by atoms with Crippen LogP contribution in [0, 0.1) is 5.82 Å². The fraction of sp³-hybridized carbons (Fsp3) is 0.519. The van der Waals surface area contributed by atoms with Crippen molar-refractivity contribution in [2.24, 2.45) is 0 Å². The Morgan fingerprint density at radius 1 is 1.08 bits per heavy atom. The molecule has 0 unspecified atom stereocenters. The van der Waals surface area contributed by atoms with Crippen molar-refractivity contribution in [3.8, 4) is 5.75 Å². The van der Waals surface area contributed by atoms with Gasteiger partial charge in [-0.15, -0.1) is 0 Å². The Hall–Kier alpha value is -2.23. The molecule has 1 aliphatic carbocycles. The van der Waals surface area contributed by atoms with Crippen LogP contribution in [0.5, 0.6) is 5.75 Å². The number of aromatic nitrogens is 3. The summed E-state index contributed by atoms with van der Waals surface area (Å²) in [6, 6.07) is 6.95. The summed E-state index contributed by atoms with van der Waals surface area (Å²) in [4.78, 5) is 13.4. The lowest BCUT2D eigenvalue weighted by Gasteiger charge is -2.41. The maximum atomic E-state index is 15.0. The molecule has 2 heterocycles. The Morgan fingerprint density at radius 2 is 1.81 bits per heavy atom. The molecule has 194 valence electrons. The molecule has 0 atom stereocenters. The first kappa shape index (κ1) is 26.8. The largest absolute Gasteiger partial charge is 0.485 e. The summed E-state index contributed by atoms with van der Waals surface area (Å²) in [5.74, 6) is 1.01. The van der Waals surface area contributed by atoms with E-state index in [1.807, 2.05) is 18.4 Å². The Kier molecular flexibility index (Phi) is 8.21. The number of ether oxygens (including phenoxy) is 1. The molecule has 1 saturated carbocycles. The number of thioether (sulfide) groups is 1. The minimum absolute atomic E-state index is 0.0648. The second-order valence-electron chi connectivity index (χ2n) is 11.0. The van der Waals surface area contributed by atoms with Crippen molar-refractivity contribution in [2.75, 3.05) is 11.6 Å². The molecule has 0 radical (unpaired) electrons. The SMILES string of the molecule is CSCc1cc(Nc2ncc3ccc(F)c(O[C@H]4CC[C@@H](O[Si](C)(C)C(C)(C)C)CC4)c3n2)ccn1. The topological polar surface area (TPSA) is 69.2 Å². The van der Waals surface area contributed by atoms with E-state index in [9.17, 15) is 4.39 Å². The predicted molar refractivity (Wildman–Crippen MR) is 149 cm³/mol. The van der Waals surface area contributed by atoms with Gasteiger partial charge in [-0.2, -0.15) is 11.8 Å². The van der Waals surface area contributed by atoms with Gasteiger partial charge in [0.15, 0.2) is 19.9 Å². The van der Waals surface area contributed by atoms with E-state index in [4.69, 9.17) is 9.16 Å². The molecule has 6 nitrogen and oxygen atoms in total. The number of benzene rings is 1. The van der Waals surface area contributed by atoms with Crippen molar-refractivity contribution < 1.29 is 13.6 Å². The van der Waals surface area contributed by atoms with Gasteiger partial charge in [0.05, 0.1) is 11.8 Å². The first-order valence-corrected chi connectivity index (χ1v) is 16.9. The summed E-state index contributed by atoms with van der Waals surface area (Å²) in [5, 5.41) is 4.15. The summed E-state index contributed by atoms with van der Waals surface area (Å²) in [6.07, 6.45) is 9.19. The fourth-order valence-electron chi connectivity index (χ4n) is 4.16. The van der Waals surface area contributed by atoms with Crippen molar-refractivity contribution in [1.29, 1.82) is 0 Å². The quantitative estimate of drug-likeness (QED) is 0.304. The van der Waals surface area contributed by atoms with Crippen molar-refractivity contribution in [2.45, 2.75) is 82.5 Å². The van der Waals surface area contributed by atoms with Gasteiger partial charge in [0, 0.05) is 35.3 Å². The van der Waals surface area contributed by atoms with Crippen LogP contribution < -0.4 is 10.1 Å². The summed E-state index contributed by atoms with van der Waals surface area (Å²) in [5.41, 5.74) is 2.29. The molecule has 4 rings (SSSR count). The van der Waals surface area contributed by atoms with Gasteiger partial charge in [-0.3, -0.25) is 4.98 Å². The predicted octanol–water partition coefficient (Wildman–Crippen LogP) is 7.48. The number of halogens is 1. The number of hydrogen-bond acceptors (Lipinski definition) is 7. The van der Waals surface area contributed by atoms with Crippen LogP contribution >= 0.6 is 11.8 Å². The Balaban J connectivity index is 1.48. The van der Waals surface area contributed by atoms with Crippen molar-refractivity contribution in [3.05, 3.63) is 48.2 Å². The number of nitrogens with one attached hydrogen (secondary N) is 1. The van der Waals surface area contributed by atoms with Crippen LogP contribution in [0.2, 0.25) is 18.1 Å². The van der Waals surface area contributed by atoms with E-state index in [1.54, 1.807) is 30.2 Å². The number of pyridine rings is 1. The minimum atomic E-state index is -1.81. The maximum Gasteiger partial charge on any atom is 0.227 e. The van der Waals surface area contributed by atoms with Gasteiger partial charge in [0.1, 0.15) is 5.52 Å². The van der Waals surface area contributed by atoms with Crippen LogP contribution in [-0.2, 0) is 10.2 Å². The molecule has 0 spiro atoms. The van der Waals surface area contributed by atoms with E-state index in [2.05, 4.69) is 54.1 Å². The molecule has 0 amide bonds. The molecule has 0 saturated heterocycles. The number of hydrogen-bond donors (Lipinski definition) is 1. The zero-order chi connectivity index (χ0) is 25.9. The van der Waals surface area contributed by atoms with Crippen molar-refractivity contribution in [1.82, 2.24) is 15.0 Å². The lowest BCUT2D eigenvalue weighted by molar-refractivity contribution is 0.0713. The zero-order valence-corrected chi connectivity index (χ0v) is 23.9. The molecule has 0 aliphatic heterocycles. The summed E-state index contributed by atoms with van der Waals surface area (Å²) in [7, 11) is -1.81. The minimum Gasteiger partial charge on any atom is -0.485 e. The van der Waals surface area contributed by atoms with E-state index in [0.29, 0.717) is 11.5 Å². The normalized spacial score (nSPS) is 18.9. The van der Waals surface area contributed by atoms with E-state index in [0.717, 1.165) is 48.2 Å². The van der Waals surface area contributed by atoms with Gasteiger partial charge in [0.2, 0.25) is 5.95 Å². The third kappa shape index (κ3) is 6.36. The molecule has 9 heteroatoms. The Labute approximate surface area is 219 Å². The van der Waals surface area contributed by atoms with E-state index in [-0.39, 0.29) is 23.0 Å². The lowest BCUT2D eigenvalue weighted by Crippen LogP contribution is -2.45. The Bertz CT molecular complexity index is 1200. The standard InChI is InChI=1S/C27H37FN4O2SSi/c1-27(2,3)36(5,6)34-22-10-8-21(9-11-22)33-25-23(28)12-7-18-16-30-26(32-24(18)25)31-19-13-14-29-20(15-19)17-35-4/h7,12-16,21-22H,8-11,17H2,1-6H3,(H,29,30,31,32)/t21-,22+. The van der Waals surface area contributed by atoms with Gasteiger partial charge in [-0.1, -0.05) is 20.8 Å². The lowest BCUT2D eigenvalue weighted by atomic mass is 9.95. The van der Waals surface area contributed by atoms with Crippen LogP contribution in [0.4, 0.5) is 16.0 Å². The number of rotatable bonds is 8. The molecule has 2 aromatic heterocycles. The summed E-state index contributed by atoms with van der Waals surface area (Å²) >= 11 is 1.71.